The van der Waals surface area contributed by atoms with Crippen molar-refractivity contribution in [1.29, 1.82) is 0 Å². The average Bonchev–Trinajstić information content (AvgIpc) is 2.66. The Labute approximate surface area is 168 Å². The highest BCUT2D eigenvalue weighted by atomic mass is 16.5. The molecule has 5 nitrogen and oxygen atoms in total. The first-order valence-electron chi connectivity index (χ1n) is 9.65. The van der Waals surface area contributed by atoms with Crippen molar-refractivity contribution >= 4 is 5.91 Å². The van der Waals surface area contributed by atoms with Gasteiger partial charge in [-0.3, -0.25) is 4.79 Å². The molecule has 0 aromatic heterocycles. The van der Waals surface area contributed by atoms with Gasteiger partial charge in [-0.05, 0) is 56.0 Å². The maximum atomic E-state index is 12.5. The average molecular weight is 386 g/mol. The number of hydrogen-bond donors (Lipinski definition) is 1. The first-order chi connectivity index (χ1) is 13.3. The lowest BCUT2D eigenvalue weighted by molar-refractivity contribution is -0.128. The number of aryl methyl sites for hydroxylation is 1. The molecular weight excluding hydrogens is 354 g/mol. The molecular formula is C23H31NO4. The first-order valence-corrected chi connectivity index (χ1v) is 9.65. The highest BCUT2D eigenvalue weighted by Crippen LogP contribution is 2.28. The van der Waals surface area contributed by atoms with Crippen LogP contribution in [-0.2, 0) is 4.79 Å². The molecule has 2 aromatic carbocycles. The van der Waals surface area contributed by atoms with E-state index in [1.807, 2.05) is 44.2 Å². The molecule has 0 saturated carbocycles. The van der Waals surface area contributed by atoms with Crippen LogP contribution in [0.1, 0.15) is 44.7 Å². The molecule has 2 rings (SSSR count). The molecule has 0 bridgehead atoms. The van der Waals surface area contributed by atoms with Crippen molar-refractivity contribution in [2.24, 2.45) is 0 Å². The predicted molar refractivity (Wildman–Crippen MR) is 111 cm³/mol. The second-order valence-corrected chi connectivity index (χ2v) is 7.33. The molecule has 5 heteroatoms. The van der Waals surface area contributed by atoms with Gasteiger partial charge in [0.25, 0.3) is 5.91 Å². The summed E-state index contributed by atoms with van der Waals surface area (Å²) in [6, 6.07) is 13.4. The van der Waals surface area contributed by atoms with Crippen LogP contribution in [0.3, 0.4) is 0 Å². The number of rotatable bonds is 9. The third-order valence-corrected chi connectivity index (χ3v) is 4.41. The zero-order valence-corrected chi connectivity index (χ0v) is 17.6. The predicted octanol–water partition coefficient (Wildman–Crippen LogP) is 4.48. The van der Waals surface area contributed by atoms with Crippen LogP contribution in [0.15, 0.2) is 42.5 Å². The van der Waals surface area contributed by atoms with Crippen molar-refractivity contribution in [3.63, 3.8) is 0 Å². The number of amides is 1. The summed E-state index contributed by atoms with van der Waals surface area (Å²) >= 11 is 0. The molecule has 152 valence electrons. The Morgan fingerprint density at radius 2 is 1.68 bits per heavy atom. The number of hydrogen-bond acceptors (Lipinski definition) is 4. The minimum atomic E-state index is -0.604. The first kappa shape index (κ1) is 21.6. The third kappa shape index (κ3) is 5.91. The molecule has 1 N–H and O–H groups in total. The lowest BCUT2D eigenvalue weighted by Crippen LogP contribution is -2.43. The van der Waals surface area contributed by atoms with Crippen molar-refractivity contribution in [3.05, 3.63) is 53.6 Å². The number of nitrogens with one attached hydrogen (secondary N) is 1. The molecule has 0 saturated heterocycles. The molecule has 0 heterocycles. The Balaban J connectivity index is 1.92. The van der Waals surface area contributed by atoms with Crippen LogP contribution in [0.2, 0.25) is 0 Å². The minimum Gasteiger partial charge on any atom is -0.493 e. The second kappa shape index (κ2) is 10.0. The van der Waals surface area contributed by atoms with Crippen molar-refractivity contribution in [1.82, 2.24) is 5.32 Å². The van der Waals surface area contributed by atoms with Gasteiger partial charge in [-0.1, -0.05) is 38.1 Å². The Bertz CT molecular complexity index is 788. The van der Waals surface area contributed by atoms with E-state index in [0.29, 0.717) is 24.0 Å². The van der Waals surface area contributed by atoms with E-state index in [9.17, 15) is 4.79 Å². The summed E-state index contributed by atoms with van der Waals surface area (Å²) in [5.74, 6) is 2.22. The topological polar surface area (TPSA) is 56.8 Å². The Morgan fingerprint density at radius 1 is 1.00 bits per heavy atom. The van der Waals surface area contributed by atoms with Gasteiger partial charge in [0, 0.05) is 0 Å². The Morgan fingerprint density at radius 3 is 2.32 bits per heavy atom. The summed E-state index contributed by atoms with van der Waals surface area (Å²) in [5.41, 5.74) is 2.20. The number of ether oxygens (including phenoxy) is 3. The van der Waals surface area contributed by atoms with Crippen molar-refractivity contribution in [2.45, 2.75) is 52.7 Å². The Kier molecular flexibility index (Phi) is 7.73. The van der Waals surface area contributed by atoms with Crippen molar-refractivity contribution in [2.75, 3.05) is 13.7 Å². The SMILES string of the molecule is COc1ccccc1OC[C@H](C)NC(=O)[C@H](C)Oc1cc(C)ccc1C(C)C. The van der Waals surface area contributed by atoms with Gasteiger partial charge >= 0.3 is 0 Å². The second-order valence-electron chi connectivity index (χ2n) is 7.33. The number of benzene rings is 2. The Hall–Kier alpha value is -2.69. The summed E-state index contributed by atoms with van der Waals surface area (Å²) in [7, 11) is 1.60. The van der Waals surface area contributed by atoms with E-state index < -0.39 is 6.10 Å². The van der Waals surface area contributed by atoms with Gasteiger partial charge in [-0.25, -0.2) is 0 Å². The molecule has 0 radical (unpaired) electrons. The minimum absolute atomic E-state index is 0.174. The molecule has 1 amide bonds. The van der Waals surface area contributed by atoms with Crippen LogP contribution >= 0.6 is 0 Å². The van der Waals surface area contributed by atoms with E-state index in [-0.39, 0.29) is 11.9 Å². The van der Waals surface area contributed by atoms with Crippen molar-refractivity contribution < 1.29 is 19.0 Å². The fraction of sp³-hybridized carbons (Fsp3) is 0.435. The molecule has 0 aliphatic carbocycles. The van der Waals surface area contributed by atoms with Gasteiger partial charge in [-0.2, -0.15) is 0 Å². The lowest BCUT2D eigenvalue weighted by Gasteiger charge is -2.21. The standard InChI is InChI=1S/C23H31NO4/c1-15(2)19-12-11-16(3)13-22(19)28-18(5)23(25)24-17(4)14-27-21-10-8-7-9-20(21)26-6/h7-13,15,17-18H,14H2,1-6H3,(H,24,25)/t17-,18-/m0/s1. The van der Waals surface area contributed by atoms with Crippen molar-refractivity contribution in [3.8, 4) is 17.2 Å². The molecule has 0 aliphatic rings. The number of para-hydroxylation sites is 2. The number of carbonyl (C=O) groups excluding carboxylic acids is 1. The third-order valence-electron chi connectivity index (χ3n) is 4.41. The summed E-state index contributed by atoms with van der Waals surface area (Å²) < 4.78 is 17.0. The lowest BCUT2D eigenvalue weighted by atomic mass is 10.0. The van der Waals surface area contributed by atoms with E-state index in [1.54, 1.807) is 14.0 Å². The van der Waals surface area contributed by atoms with Crippen LogP contribution in [-0.4, -0.2) is 31.8 Å². The summed E-state index contributed by atoms with van der Waals surface area (Å²) in [6.45, 7) is 10.2. The molecule has 0 unspecified atom stereocenters. The normalized spacial score (nSPS) is 13.0. The molecule has 0 spiro atoms. The smallest absolute Gasteiger partial charge is 0.261 e. The molecule has 0 fully saturated rings. The summed E-state index contributed by atoms with van der Waals surface area (Å²) in [6.07, 6.45) is -0.604. The fourth-order valence-corrected chi connectivity index (χ4v) is 2.82. The maximum absolute atomic E-state index is 12.5. The number of carbonyl (C=O) groups is 1. The maximum Gasteiger partial charge on any atom is 0.261 e. The molecule has 0 aliphatic heterocycles. The van der Waals surface area contributed by atoms with Crippen LogP contribution in [0.4, 0.5) is 0 Å². The highest BCUT2D eigenvalue weighted by Gasteiger charge is 2.19. The van der Waals surface area contributed by atoms with E-state index in [1.165, 1.54) is 0 Å². The summed E-state index contributed by atoms with van der Waals surface area (Å²) in [4.78, 5) is 12.5. The monoisotopic (exact) mass is 385 g/mol. The van der Waals surface area contributed by atoms with E-state index >= 15 is 0 Å². The van der Waals surface area contributed by atoms with Crippen LogP contribution in [0.5, 0.6) is 17.2 Å². The van der Waals surface area contributed by atoms with Gasteiger partial charge in [0.15, 0.2) is 17.6 Å². The zero-order chi connectivity index (χ0) is 20.7. The van der Waals surface area contributed by atoms with Gasteiger partial charge in [0.05, 0.1) is 13.2 Å². The van der Waals surface area contributed by atoms with Crippen LogP contribution < -0.4 is 19.5 Å². The van der Waals surface area contributed by atoms with E-state index in [2.05, 4.69) is 31.3 Å². The van der Waals surface area contributed by atoms with Gasteiger partial charge in [-0.15, -0.1) is 0 Å². The van der Waals surface area contributed by atoms with Crippen LogP contribution in [0, 0.1) is 6.92 Å². The van der Waals surface area contributed by atoms with Gasteiger partial charge in [0.1, 0.15) is 12.4 Å². The summed E-state index contributed by atoms with van der Waals surface area (Å²) in [5, 5.41) is 2.94. The van der Waals surface area contributed by atoms with E-state index in [4.69, 9.17) is 14.2 Å². The van der Waals surface area contributed by atoms with Gasteiger partial charge < -0.3 is 19.5 Å². The van der Waals surface area contributed by atoms with E-state index in [0.717, 1.165) is 16.9 Å². The molecule has 2 atom stereocenters. The highest BCUT2D eigenvalue weighted by molar-refractivity contribution is 5.81. The van der Waals surface area contributed by atoms with Gasteiger partial charge in [0.2, 0.25) is 0 Å². The molecule has 2 aromatic rings. The largest absolute Gasteiger partial charge is 0.493 e. The quantitative estimate of drug-likeness (QED) is 0.692. The zero-order valence-electron chi connectivity index (χ0n) is 17.6. The molecule has 28 heavy (non-hydrogen) atoms. The number of methoxy groups -OCH3 is 1. The van der Waals surface area contributed by atoms with Crippen LogP contribution in [0.25, 0.3) is 0 Å². The fourth-order valence-electron chi connectivity index (χ4n) is 2.82.